The third-order valence-electron chi connectivity index (χ3n) is 6.97. The van der Waals surface area contributed by atoms with Gasteiger partial charge in [-0.15, -0.1) is 0 Å². The molecule has 0 amide bonds. The molecular weight excluding hydrogens is 604 g/mol. The predicted molar refractivity (Wildman–Crippen MR) is 163 cm³/mol. The first-order valence-electron chi connectivity index (χ1n) is 13.0. The average Bonchev–Trinajstić information content (AvgIpc) is 3.58. The SMILES string of the molecule is CCOC(=O)C1=C(C)N=c2s/c(=C\c3c(OC)ccc4ccccc34)c(=O)n2[C@H]1c1ccc(-c2ccc(Br)cc2)o1. The lowest BCUT2D eigenvalue weighted by Gasteiger charge is -2.22. The van der Waals surface area contributed by atoms with Crippen molar-refractivity contribution >= 4 is 50.1 Å². The lowest BCUT2D eigenvalue weighted by atomic mass is 10.0. The predicted octanol–water partition coefficient (Wildman–Crippen LogP) is 5.98. The van der Waals surface area contributed by atoms with Crippen molar-refractivity contribution in [1.29, 1.82) is 0 Å². The number of thiazole rings is 1. The summed E-state index contributed by atoms with van der Waals surface area (Å²) in [6.07, 6.45) is 1.83. The normalized spacial score (nSPS) is 15.1. The van der Waals surface area contributed by atoms with Crippen molar-refractivity contribution in [2.45, 2.75) is 19.9 Å². The number of benzene rings is 3. The number of nitrogens with zero attached hydrogens (tertiary/aromatic N) is 2. The van der Waals surface area contributed by atoms with Crippen LogP contribution in [-0.2, 0) is 9.53 Å². The van der Waals surface area contributed by atoms with Crippen LogP contribution < -0.4 is 19.6 Å². The van der Waals surface area contributed by atoms with Gasteiger partial charge < -0.3 is 13.9 Å². The van der Waals surface area contributed by atoms with Gasteiger partial charge in [0.25, 0.3) is 5.56 Å². The van der Waals surface area contributed by atoms with Gasteiger partial charge in [0.2, 0.25) is 0 Å². The van der Waals surface area contributed by atoms with Crippen LogP contribution in [-0.4, -0.2) is 24.3 Å². The molecule has 0 radical (unpaired) electrons. The third kappa shape index (κ3) is 4.85. The summed E-state index contributed by atoms with van der Waals surface area (Å²) in [5.74, 6) is 1.17. The Bertz CT molecular complexity index is 2020. The molecule has 1 aliphatic rings. The minimum Gasteiger partial charge on any atom is -0.496 e. The van der Waals surface area contributed by atoms with Gasteiger partial charge >= 0.3 is 5.97 Å². The van der Waals surface area contributed by atoms with Crippen molar-refractivity contribution < 1.29 is 18.7 Å². The summed E-state index contributed by atoms with van der Waals surface area (Å²) in [5.41, 5.74) is 2.12. The van der Waals surface area contributed by atoms with Crippen molar-refractivity contribution in [3.8, 4) is 17.1 Å². The van der Waals surface area contributed by atoms with Crippen LogP contribution in [0.1, 0.15) is 31.2 Å². The highest BCUT2D eigenvalue weighted by atomic mass is 79.9. The number of carbonyl (C=O) groups is 1. The number of allylic oxidation sites excluding steroid dienone is 1. The standard InChI is InChI=1S/C32H25BrN2O5S/c1-4-39-31(37)28-18(2)34-32-35(29(28)26-16-15-24(40-26)20-9-12-21(33)13-10-20)30(36)27(41-32)17-23-22-8-6-5-7-19(22)11-14-25(23)38-3/h5-17,29H,4H2,1-3H3/b27-17-/t29-/m0/s1. The Morgan fingerprint density at radius 1 is 1.10 bits per heavy atom. The van der Waals surface area contributed by atoms with Gasteiger partial charge in [-0.05, 0) is 61.0 Å². The monoisotopic (exact) mass is 628 g/mol. The molecule has 9 heteroatoms. The lowest BCUT2D eigenvalue weighted by Crippen LogP contribution is -2.39. The Balaban J connectivity index is 1.56. The smallest absolute Gasteiger partial charge is 0.338 e. The third-order valence-corrected chi connectivity index (χ3v) is 8.48. The summed E-state index contributed by atoms with van der Waals surface area (Å²) in [6.45, 7) is 3.69. The van der Waals surface area contributed by atoms with Crippen molar-refractivity contribution in [2.24, 2.45) is 4.99 Å². The molecule has 0 unspecified atom stereocenters. The van der Waals surface area contributed by atoms with E-state index in [0.717, 1.165) is 26.4 Å². The van der Waals surface area contributed by atoms with Crippen molar-refractivity contribution in [1.82, 2.24) is 4.57 Å². The first-order valence-corrected chi connectivity index (χ1v) is 14.6. The fourth-order valence-corrected chi connectivity index (χ4v) is 6.36. The molecule has 41 heavy (non-hydrogen) atoms. The van der Waals surface area contributed by atoms with Crippen LogP contribution in [0.3, 0.4) is 0 Å². The molecule has 3 aromatic carbocycles. The number of hydrogen-bond acceptors (Lipinski definition) is 7. The molecule has 5 aromatic rings. The van der Waals surface area contributed by atoms with Crippen LogP contribution in [0.15, 0.2) is 103 Å². The Kier molecular flexibility index (Phi) is 7.23. The molecule has 0 spiro atoms. The summed E-state index contributed by atoms with van der Waals surface area (Å²) < 4.78 is 20.3. The number of ether oxygens (including phenoxy) is 2. The van der Waals surface area contributed by atoms with Gasteiger partial charge in [-0.2, -0.15) is 0 Å². The topological polar surface area (TPSA) is 83.0 Å². The molecule has 1 aliphatic heterocycles. The Labute approximate surface area is 247 Å². The van der Waals surface area contributed by atoms with E-state index in [9.17, 15) is 9.59 Å². The molecule has 6 rings (SSSR count). The van der Waals surface area contributed by atoms with Crippen molar-refractivity contribution in [3.05, 3.63) is 120 Å². The number of carbonyl (C=O) groups excluding carboxylic acids is 1. The highest BCUT2D eigenvalue weighted by Crippen LogP contribution is 2.35. The molecule has 206 valence electrons. The van der Waals surface area contributed by atoms with E-state index >= 15 is 0 Å². The van der Waals surface area contributed by atoms with Crippen LogP contribution in [0.2, 0.25) is 0 Å². The van der Waals surface area contributed by atoms with Crippen molar-refractivity contribution in [3.63, 3.8) is 0 Å². The molecule has 0 fully saturated rings. The number of halogens is 1. The zero-order valence-corrected chi connectivity index (χ0v) is 24.9. The van der Waals surface area contributed by atoms with Crippen LogP contribution >= 0.6 is 27.3 Å². The number of aromatic nitrogens is 1. The first kappa shape index (κ1) is 27.0. The van der Waals surface area contributed by atoms with Gasteiger partial charge in [-0.1, -0.05) is 69.7 Å². The van der Waals surface area contributed by atoms with Gasteiger partial charge in [0, 0.05) is 15.6 Å². The molecule has 0 saturated heterocycles. The second-order valence-corrected chi connectivity index (χ2v) is 11.3. The molecule has 7 nitrogen and oxygen atoms in total. The minimum atomic E-state index is -0.842. The van der Waals surface area contributed by atoms with E-state index in [1.54, 1.807) is 27.0 Å². The van der Waals surface area contributed by atoms with E-state index in [4.69, 9.17) is 13.9 Å². The fraction of sp³-hybridized carbons (Fsp3) is 0.156. The van der Waals surface area contributed by atoms with Crippen molar-refractivity contribution in [2.75, 3.05) is 13.7 Å². The number of furan rings is 1. The molecule has 0 aliphatic carbocycles. The molecule has 0 N–H and O–H groups in total. The molecule has 2 aromatic heterocycles. The molecule has 0 saturated carbocycles. The zero-order chi connectivity index (χ0) is 28.7. The largest absolute Gasteiger partial charge is 0.496 e. The summed E-state index contributed by atoms with van der Waals surface area (Å²) in [6, 6.07) is 22.3. The van der Waals surface area contributed by atoms with E-state index in [1.165, 1.54) is 15.9 Å². The van der Waals surface area contributed by atoms with E-state index in [2.05, 4.69) is 20.9 Å². The minimum absolute atomic E-state index is 0.190. The Morgan fingerprint density at radius 3 is 2.63 bits per heavy atom. The van der Waals surface area contributed by atoms with Crippen LogP contribution in [0.25, 0.3) is 28.2 Å². The number of rotatable bonds is 6. The molecule has 1 atom stereocenters. The maximum absolute atomic E-state index is 14.1. The maximum Gasteiger partial charge on any atom is 0.338 e. The van der Waals surface area contributed by atoms with Gasteiger partial charge in [0.1, 0.15) is 23.3 Å². The van der Waals surface area contributed by atoms with E-state index in [-0.39, 0.29) is 17.7 Å². The number of methoxy groups -OCH3 is 1. The molecule has 0 bridgehead atoms. The number of esters is 1. The highest BCUT2D eigenvalue weighted by Gasteiger charge is 2.35. The summed E-state index contributed by atoms with van der Waals surface area (Å²) in [7, 11) is 1.61. The summed E-state index contributed by atoms with van der Waals surface area (Å²) >= 11 is 4.72. The molecular formula is C32H25BrN2O5S. The van der Waals surface area contributed by atoms with Gasteiger partial charge in [-0.3, -0.25) is 9.36 Å². The first-order chi connectivity index (χ1) is 19.9. The van der Waals surface area contributed by atoms with Gasteiger partial charge in [0.15, 0.2) is 4.80 Å². The summed E-state index contributed by atoms with van der Waals surface area (Å²) in [5, 5.41) is 1.99. The second-order valence-electron chi connectivity index (χ2n) is 9.41. The summed E-state index contributed by atoms with van der Waals surface area (Å²) in [4.78, 5) is 32.5. The van der Waals surface area contributed by atoms with Crippen LogP contribution in [0.4, 0.5) is 0 Å². The average molecular weight is 630 g/mol. The zero-order valence-electron chi connectivity index (χ0n) is 22.5. The van der Waals surface area contributed by atoms with E-state index in [1.807, 2.05) is 72.8 Å². The van der Waals surface area contributed by atoms with E-state index < -0.39 is 12.0 Å². The Morgan fingerprint density at radius 2 is 1.88 bits per heavy atom. The highest BCUT2D eigenvalue weighted by molar-refractivity contribution is 9.10. The van der Waals surface area contributed by atoms with Crippen LogP contribution in [0.5, 0.6) is 5.75 Å². The van der Waals surface area contributed by atoms with Crippen LogP contribution in [0, 0.1) is 0 Å². The molecule has 3 heterocycles. The Hall–Kier alpha value is -4.21. The van der Waals surface area contributed by atoms with Gasteiger partial charge in [-0.25, -0.2) is 9.79 Å². The number of hydrogen-bond donors (Lipinski definition) is 0. The quantitative estimate of drug-likeness (QED) is 0.216. The maximum atomic E-state index is 14.1. The lowest BCUT2D eigenvalue weighted by molar-refractivity contribution is -0.139. The van der Waals surface area contributed by atoms with Gasteiger partial charge in [0.05, 0.1) is 29.5 Å². The number of fused-ring (bicyclic) bond motifs is 2. The second kappa shape index (κ2) is 11.0. The fourth-order valence-electron chi connectivity index (χ4n) is 5.06. The van der Waals surface area contributed by atoms with E-state index in [0.29, 0.717) is 32.3 Å².